The second-order valence-corrected chi connectivity index (χ2v) is 7.30. The molecule has 0 spiro atoms. The van der Waals surface area contributed by atoms with Gasteiger partial charge in [0.05, 0.1) is 0 Å². The van der Waals surface area contributed by atoms with Gasteiger partial charge >= 0.3 is 6.09 Å². The van der Waals surface area contributed by atoms with Gasteiger partial charge in [0.2, 0.25) is 0 Å². The van der Waals surface area contributed by atoms with Crippen molar-refractivity contribution in [3.8, 4) is 0 Å². The Bertz CT molecular complexity index is 393. The van der Waals surface area contributed by atoms with Crippen molar-refractivity contribution in [1.29, 1.82) is 0 Å². The van der Waals surface area contributed by atoms with E-state index in [0.29, 0.717) is 12.6 Å². The van der Waals surface area contributed by atoms with E-state index in [1.807, 2.05) is 20.8 Å². The maximum Gasteiger partial charge on any atom is 0.410 e. The van der Waals surface area contributed by atoms with E-state index in [2.05, 4.69) is 16.7 Å². The van der Waals surface area contributed by atoms with Crippen molar-refractivity contribution in [1.82, 2.24) is 15.5 Å². The first-order valence-corrected chi connectivity index (χ1v) is 8.54. The lowest BCUT2D eigenvalue weighted by Gasteiger charge is -2.30. The van der Waals surface area contributed by atoms with Crippen LogP contribution in [0.4, 0.5) is 4.79 Å². The molecule has 0 saturated carbocycles. The van der Waals surface area contributed by atoms with Gasteiger partial charge in [-0.1, -0.05) is 11.6 Å². The van der Waals surface area contributed by atoms with Crippen LogP contribution in [0.5, 0.6) is 0 Å². The molecule has 1 unspecified atom stereocenters. The maximum atomic E-state index is 12.0. The number of hydrogen-bond acceptors (Lipinski definition) is 4. The number of ether oxygens (including phenoxy) is 1. The van der Waals surface area contributed by atoms with Crippen LogP contribution in [-0.2, 0) is 4.74 Å². The molecule has 2 aliphatic rings. The molecule has 0 aromatic carbocycles. The number of carbonyl (C=O) groups is 1. The van der Waals surface area contributed by atoms with Crippen LogP contribution in [0, 0.1) is 0 Å². The van der Waals surface area contributed by atoms with Crippen LogP contribution in [0.3, 0.4) is 0 Å². The molecule has 1 fully saturated rings. The molecule has 2 rings (SSSR count). The van der Waals surface area contributed by atoms with Crippen molar-refractivity contribution in [2.75, 3.05) is 32.7 Å². The van der Waals surface area contributed by atoms with E-state index in [-0.39, 0.29) is 6.09 Å². The van der Waals surface area contributed by atoms with Crippen LogP contribution in [0.25, 0.3) is 0 Å². The molecule has 5 heteroatoms. The summed E-state index contributed by atoms with van der Waals surface area (Å²) in [6, 6.07) is 0.625. The fourth-order valence-electron chi connectivity index (χ4n) is 2.86. The summed E-state index contributed by atoms with van der Waals surface area (Å²) >= 11 is 0. The standard InChI is InChI=1S/C17H31N3O2/c1-17(2,3)22-16(21)20-11-7-14(8-12-20)13-19-15-5-4-9-18-10-6-15/h7,15,18-19H,4-6,8-13H2,1-3H3. The molecular weight excluding hydrogens is 278 g/mol. The Labute approximate surface area is 134 Å². The van der Waals surface area contributed by atoms with Gasteiger partial charge in [-0.15, -0.1) is 0 Å². The van der Waals surface area contributed by atoms with E-state index in [0.717, 1.165) is 32.6 Å². The molecule has 1 amide bonds. The van der Waals surface area contributed by atoms with E-state index >= 15 is 0 Å². The molecule has 0 bridgehead atoms. The first kappa shape index (κ1) is 17.3. The van der Waals surface area contributed by atoms with Gasteiger partial charge in [0.25, 0.3) is 0 Å². The van der Waals surface area contributed by atoms with E-state index in [1.54, 1.807) is 4.90 Å². The van der Waals surface area contributed by atoms with Crippen molar-refractivity contribution < 1.29 is 9.53 Å². The quantitative estimate of drug-likeness (QED) is 0.785. The highest BCUT2D eigenvalue weighted by Crippen LogP contribution is 2.15. The van der Waals surface area contributed by atoms with Gasteiger partial charge in [0, 0.05) is 25.7 Å². The van der Waals surface area contributed by atoms with Gasteiger partial charge in [-0.3, -0.25) is 0 Å². The van der Waals surface area contributed by atoms with Crippen LogP contribution in [0.2, 0.25) is 0 Å². The average Bonchev–Trinajstić information content (AvgIpc) is 2.72. The third-order valence-corrected chi connectivity index (χ3v) is 4.15. The van der Waals surface area contributed by atoms with Crippen molar-refractivity contribution in [2.45, 2.75) is 58.1 Å². The first-order valence-electron chi connectivity index (χ1n) is 8.54. The topological polar surface area (TPSA) is 53.6 Å². The zero-order valence-electron chi connectivity index (χ0n) is 14.3. The smallest absolute Gasteiger partial charge is 0.410 e. The highest BCUT2D eigenvalue weighted by atomic mass is 16.6. The third kappa shape index (κ3) is 5.97. The van der Waals surface area contributed by atoms with Gasteiger partial charge < -0.3 is 20.3 Å². The van der Waals surface area contributed by atoms with Gasteiger partial charge in [0.1, 0.15) is 5.60 Å². The number of nitrogens with zero attached hydrogens (tertiary/aromatic N) is 1. The highest BCUT2D eigenvalue weighted by Gasteiger charge is 2.23. The fraction of sp³-hybridized carbons (Fsp3) is 0.824. The van der Waals surface area contributed by atoms with E-state index in [9.17, 15) is 4.79 Å². The second-order valence-electron chi connectivity index (χ2n) is 7.30. The lowest BCUT2D eigenvalue weighted by molar-refractivity contribution is 0.0265. The summed E-state index contributed by atoms with van der Waals surface area (Å²) in [6.07, 6.45) is 6.63. The lowest BCUT2D eigenvalue weighted by Crippen LogP contribution is -2.40. The molecule has 1 atom stereocenters. The van der Waals surface area contributed by atoms with Crippen LogP contribution >= 0.6 is 0 Å². The molecule has 2 aliphatic heterocycles. The Morgan fingerprint density at radius 1 is 1.41 bits per heavy atom. The molecule has 22 heavy (non-hydrogen) atoms. The van der Waals surface area contributed by atoms with Gasteiger partial charge in [-0.25, -0.2) is 4.79 Å². The summed E-state index contributed by atoms with van der Waals surface area (Å²) in [5, 5.41) is 7.11. The van der Waals surface area contributed by atoms with Gasteiger partial charge in [0.15, 0.2) is 0 Å². The van der Waals surface area contributed by atoms with Crippen molar-refractivity contribution in [3.63, 3.8) is 0 Å². The number of nitrogens with one attached hydrogen (secondary N) is 2. The monoisotopic (exact) mass is 309 g/mol. The van der Waals surface area contributed by atoms with Gasteiger partial charge in [-0.05, 0) is 59.5 Å². The van der Waals surface area contributed by atoms with Crippen molar-refractivity contribution >= 4 is 6.09 Å². The molecule has 2 heterocycles. The van der Waals surface area contributed by atoms with Crippen LogP contribution in [0.1, 0.15) is 46.5 Å². The predicted octanol–water partition coefficient (Wildman–Crippen LogP) is 2.29. The number of amides is 1. The summed E-state index contributed by atoms with van der Waals surface area (Å²) in [6.45, 7) is 10.3. The number of carbonyl (C=O) groups excluding carboxylic acids is 1. The van der Waals surface area contributed by atoms with Crippen LogP contribution < -0.4 is 10.6 Å². The molecular formula is C17H31N3O2. The summed E-state index contributed by atoms with van der Waals surface area (Å²) < 4.78 is 5.42. The Morgan fingerprint density at radius 2 is 2.23 bits per heavy atom. The summed E-state index contributed by atoms with van der Waals surface area (Å²) in [5.41, 5.74) is 0.993. The predicted molar refractivity (Wildman–Crippen MR) is 89.0 cm³/mol. The Hall–Kier alpha value is -1.07. The Balaban J connectivity index is 1.73. The van der Waals surface area contributed by atoms with Crippen molar-refractivity contribution in [3.05, 3.63) is 11.6 Å². The minimum Gasteiger partial charge on any atom is -0.444 e. The van der Waals surface area contributed by atoms with Gasteiger partial charge in [-0.2, -0.15) is 0 Å². The molecule has 2 N–H and O–H groups in total. The molecule has 0 aromatic heterocycles. The van der Waals surface area contributed by atoms with Crippen LogP contribution in [0.15, 0.2) is 11.6 Å². The summed E-state index contributed by atoms with van der Waals surface area (Å²) in [5.74, 6) is 0. The molecule has 5 nitrogen and oxygen atoms in total. The van der Waals surface area contributed by atoms with E-state index < -0.39 is 5.60 Å². The fourth-order valence-corrected chi connectivity index (χ4v) is 2.86. The molecule has 0 aliphatic carbocycles. The number of rotatable bonds is 3. The molecule has 0 aromatic rings. The zero-order valence-corrected chi connectivity index (χ0v) is 14.3. The minimum absolute atomic E-state index is 0.203. The van der Waals surface area contributed by atoms with Crippen LogP contribution in [-0.4, -0.2) is 55.4 Å². The number of hydrogen-bond donors (Lipinski definition) is 2. The third-order valence-electron chi connectivity index (χ3n) is 4.15. The Kier molecular flexibility index (Phi) is 6.26. The normalized spacial score (nSPS) is 23.7. The van der Waals surface area contributed by atoms with E-state index in [4.69, 9.17) is 4.74 Å². The SMILES string of the molecule is CC(C)(C)OC(=O)N1CC=C(CNC2CCCNCC2)CC1. The lowest BCUT2D eigenvalue weighted by atomic mass is 10.1. The second kappa shape index (κ2) is 7.97. The highest BCUT2D eigenvalue weighted by molar-refractivity contribution is 5.68. The average molecular weight is 309 g/mol. The summed E-state index contributed by atoms with van der Waals surface area (Å²) in [7, 11) is 0. The zero-order chi connectivity index (χ0) is 16.0. The molecule has 1 saturated heterocycles. The largest absolute Gasteiger partial charge is 0.444 e. The minimum atomic E-state index is -0.420. The van der Waals surface area contributed by atoms with E-state index in [1.165, 1.54) is 24.8 Å². The van der Waals surface area contributed by atoms with Crippen molar-refractivity contribution in [2.24, 2.45) is 0 Å². The Morgan fingerprint density at radius 3 is 2.91 bits per heavy atom. The summed E-state index contributed by atoms with van der Waals surface area (Å²) in [4.78, 5) is 13.8. The first-order chi connectivity index (χ1) is 10.4. The molecule has 0 radical (unpaired) electrons. The molecule has 126 valence electrons. The maximum absolute atomic E-state index is 12.0.